The third kappa shape index (κ3) is 5.98. The Morgan fingerprint density at radius 3 is 2.38 bits per heavy atom. The molecule has 0 bridgehead atoms. The predicted molar refractivity (Wildman–Crippen MR) is 146 cm³/mol. The van der Waals surface area contributed by atoms with E-state index in [1.54, 1.807) is 73.5 Å². The molecule has 4 rings (SSSR count). The summed E-state index contributed by atoms with van der Waals surface area (Å²) >= 11 is 0. The molecule has 0 saturated carbocycles. The van der Waals surface area contributed by atoms with E-state index in [-0.39, 0.29) is 24.5 Å². The lowest BCUT2D eigenvalue weighted by Gasteiger charge is -2.21. The van der Waals surface area contributed by atoms with Crippen molar-refractivity contribution in [1.82, 2.24) is 5.32 Å². The number of rotatable bonds is 11. The highest BCUT2D eigenvalue weighted by molar-refractivity contribution is 6.16. The SMILES string of the molecule is CCOC(=O)CC(NC(=O)c1cccc2c1C(=O)N(c1ccc(OC)cc1)C2)c1ccc(OCC)c(OC)c1. The topological polar surface area (TPSA) is 103 Å². The highest BCUT2D eigenvalue weighted by atomic mass is 16.5. The van der Waals surface area contributed by atoms with E-state index in [1.165, 1.54) is 7.11 Å². The monoisotopic (exact) mass is 532 g/mol. The van der Waals surface area contributed by atoms with Gasteiger partial charge in [-0.05, 0) is 67.4 Å². The van der Waals surface area contributed by atoms with Crippen LogP contribution in [0.2, 0.25) is 0 Å². The van der Waals surface area contributed by atoms with Gasteiger partial charge in [0.15, 0.2) is 11.5 Å². The van der Waals surface area contributed by atoms with Crippen molar-refractivity contribution in [3.05, 3.63) is 82.9 Å². The molecule has 1 aliphatic heterocycles. The van der Waals surface area contributed by atoms with E-state index >= 15 is 0 Å². The van der Waals surface area contributed by atoms with Crippen LogP contribution in [0.4, 0.5) is 5.69 Å². The van der Waals surface area contributed by atoms with E-state index in [4.69, 9.17) is 18.9 Å². The molecular weight excluding hydrogens is 500 g/mol. The van der Waals surface area contributed by atoms with Crippen LogP contribution in [0.1, 0.15) is 58.2 Å². The van der Waals surface area contributed by atoms with E-state index in [9.17, 15) is 14.4 Å². The first-order valence-electron chi connectivity index (χ1n) is 12.7. The van der Waals surface area contributed by atoms with E-state index < -0.39 is 17.9 Å². The predicted octanol–water partition coefficient (Wildman–Crippen LogP) is 4.69. The zero-order valence-corrected chi connectivity index (χ0v) is 22.5. The summed E-state index contributed by atoms with van der Waals surface area (Å²) in [5.41, 5.74) is 2.65. The van der Waals surface area contributed by atoms with E-state index in [1.807, 2.05) is 13.0 Å². The minimum absolute atomic E-state index is 0.0995. The molecule has 9 heteroatoms. The third-order valence-corrected chi connectivity index (χ3v) is 6.44. The maximum Gasteiger partial charge on any atom is 0.308 e. The smallest absolute Gasteiger partial charge is 0.308 e. The van der Waals surface area contributed by atoms with Crippen LogP contribution in [0.15, 0.2) is 60.7 Å². The lowest BCUT2D eigenvalue weighted by molar-refractivity contribution is -0.143. The molecule has 1 N–H and O–H groups in total. The molecule has 9 nitrogen and oxygen atoms in total. The third-order valence-electron chi connectivity index (χ3n) is 6.44. The molecule has 3 aromatic carbocycles. The van der Waals surface area contributed by atoms with Crippen molar-refractivity contribution in [2.75, 3.05) is 32.3 Å². The number of ether oxygens (including phenoxy) is 4. The van der Waals surface area contributed by atoms with Gasteiger partial charge in [-0.1, -0.05) is 18.2 Å². The Balaban J connectivity index is 1.63. The van der Waals surface area contributed by atoms with Gasteiger partial charge in [0, 0.05) is 5.69 Å². The Hall–Kier alpha value is -4.53. The van der Waals surface area contributed by atoms with E-state index in [0.717, 1.165) is 5.56 Å². The molecule has 1 atom stereocenters. The number of fused-ring (bicyclic) bond motifs is 1. The Kier molecular flexibility index (Phi) is 8.70. The number of carbonyl (C=O) groups excluding carboxylic acids is 3. The van der Waals surface area contributed by atoms with Gasteiger partial charge in [-0.15, -0.1) is 0 Å². The molecule has 0 fully saturated rings. The number of hydrogen-bond donors (Lipinski definition) is 1. The van der Waals surface area contributed by atoms with Crippen LogP contribution < -0.4 is 24.4 Å². The zero-order valence-electron chi connectivity index (χ0n) is 22.5. The van der Waals surface area contributed by atoms with Gasteiger partial charge in [-0.2, -0.15) is 0 Å². The Morgan fingerprint density at radius 2 is 1.72 bits per heavy atom. The lowest BCUT2D eigenvalue weighted by Crippen LogP contribution is -2.32. The molecule has 0 radical (unpaired) electrons. The zero-order chi connectivity index (χ0) is 27.9. The molecule has 1 aliphatic rings. The summed E-state index contributed by atoms with van der Waals surface area (Å²) in [5, 5.41) is 2.94. The molecular formula is C30H32N2O7. The standard InChI is InChI=1S/C30H32N2O7/c1-5-38-25-15-10-19(16-26(25)37-4)24(17-27(33)39-6-2)31-29(34)23-9-7-8-20-18-32(30(35)28(20)23)21-11-13-22(36-3)14-12-21/h7-16,24H,5-6,17-18H2,1-4H3,(H,31,34). The summed E-state index contributed by atoms with van der Waals surface area (Å²) in [7, 11) is 3.10. The largest absolute Gasteiger partial charge is 0.497 e. The molecule has 1 heterocycles. The minimum atomic E-state index is -0.730. The van der Waals surface area contributed by atoms with Gasteiger partial charge >= 0.3 is 5.97 Å². The molecule has 1 unspecified atom stereocenters. The van der Waals surface area contributed by atoms with Crippen LogP contribution in [-0.2, 0) is 16.1 Å². The number of anilines is 1. The van der Waals surface area contributed by atoms with Crippen molar-refractivity contribution >= 4 is 23.5 Å². The Bertz CT molecular complexity index is 1350. The first-order valence-corrected chi connectivity index (χ1v) is 12.7. The Morgan fingerprint density at radius 1 is 0.949 bits per heavy atom. The molecule has 0 aromatic heterocycles. The first-order chi connectivity index (χ1) is 18.9. The second-order valence-electron chi connectivity index (χ2n) is 8.81. The highest BCUT2D eigenvalue weighted by Gasteiger charge is 2.33. The van der Waals surface area contributed by atoms with Gasteiger partial charge in [-0.3, -0.25) is 14.4 Å². The summed E-state index contributed by atoms with van der Waals surface area (Å²) in [6.07, 6.45) is -0.0995. The normalized spacial score (nSPS) is 12.9. The average Bonchev–Trinajstić information content (AvgIpc) is 3.29. The average molecular weight is 533 g/mol. The summed E-state index contributed by atoms with van der Waals surface area (Å²) < 4.78 is 21.4. The van der Waals surface area contributed by atoms with Crippen LogP contribution in [-0.4, -0.2) is 45.2 Å². The van der Waals surface area contributed by atoms with Crippen LogP contribution >= 0.6 is 0 Å². The number of esters is 1. The molecule has 2 amide bonds. The van der Waals surface area contributed by atoms with Gasteiger partial charge < -0.3 is 29.2 Å². The fraction of sp³-hybridized carbons (Fsp3) is 0.300. The summed E-state index contributed by atoms with van der Waals surface area (Å²) in [4.78, 5) is 41.2. The van der Waals surface area contributed by atoms with Crippen LogP contribution in [0.25, 0.3) is 0 Å². The number of hydrogen-bond acceptors (Lipinski definition) is 7. The maximum absolute atomic E-state index is 13.6. The highest BCUT2D eigenvalue weighted by Crippen LogP contribution is 2.34. The van der Waals surface area contributed by atoms with Gasteiger partial charge in [0.05, 0.1) is 57.6 Å². The van der Waals surface area contributed by atoms with Gasteiger partial charge in [-0.25, -0.2) is 0 Å². The van der Waals surface area contributed by atoms with Gasteiger partial charge in [0.1, 0.15) is 5.75 Å². The Labute approximate surface area is 227 Å². The number of methoxy groups -OCH3 is 2. The van der Waals surface area contributed by atoms with Crippen molar-refractivity contribution < 1.29 is 33.3 Å². The van der Waals surface area contributed by atoms with Crippen LogP contribution in [0.5, 0.6) is 17.2 Å². The van der Waals surface area contributed by atoms with Crippen molar-refractivity contribution in [3.63, 3.8) is 0 Å². The molecule has 3 aromatic rings. The fourth-order valence-corrected chi connectivity index (χ4v) is 4.57. The summed E-state index contributed by atoms with van der Waals surface area (Å²) in [6, 6.07) is 16.9. The molecule has 0 spiro atoms. The van der Waals surface area contributed by atoms with Crippen molar-refractivity contribution in [3.8, 4) is 17.2 Å². The summed E-state index contributed by atoms with van der Waals surface area (Å²) in [6.45, 7) is 4.60. The fourth-order valence-electron chi connectivity index (χ4n) is 4.57. The van der Waals surface area contributed by atoms with E-state index in [0.29, 0.717) is 47.2 Å². The van der Waals surface area contributed by atoms with Crippen molar-refractivity contribution in [2.24, 2.45) is 0 Å². The van der Waals surface area contributed by atoms with Gasteiger partial charge in [0.2, 0.25) is 0 Å². The number of nitrogens with one attached hydrogen (secondary N) is 1. The number of carbonyl (C=O) groups is 3. The second kappa shape index (κ2) is 12.3. The van der Waals surface area contributed by atoms with E-state index in [2.05, 4.69) is 5.32 Å². The summed E-state index contributed by atoms with van der Waals surface area (Å²) in [5.74, 6) is 0.500. The number of nitrogens with zero attached hydrogens (tertiary/aromatic N) is 1. The lowest BCUT2D eigenvalue weighted by atomic mass is 9.99. The molecule has 204 valence electrons. The van der Waals surface area contributed by atoms with Crippen LogP contribution in [0.3, 0.4) is 0 Å². The molecule has 0 saturated heterocycles. The van der Waals surface area contributed by atoms with Crippen molar-refractivity contribution in [1.29, 1.82) is 0 Å². The maximum atomic E-state index is 13.6. The quantitative estimate of drug-likeness (QED) is 0.358. The van der Waals surface area contributed by atoms with Crippen LogP contribution in [0, 0.1) is 0 Å². The van der Waals surface area contributed by atoms with Crippen molar-refractivity contribution in [2.45, 2.75) is 32.9 Å². The molecule has 0 aliphatic carbocycles. The number of amides is 2. The first kappa shape index (κ1) is 27.5. The second-order valence-corrected chi connectivity index (χ2v) is 8.81. The molecule has 39 heavy (non-hydrogen) atoms. The van der Waals surface area contributed by atoms with Gasteiger partial charge in [0.25, 0.3) is 11.8 Å². The minimum Gasteiger partial charge on any atom is -0.497 e. The number of benzene rings is 3.